The van der Waals surface area contributed by atoms with Crippen molar-refractivity contribution in [3.8, 4) is 11.4 Å². The van der Waals surface area contributed by atoms with Gasteiger partial charge in [0.15, 0.2) is 10.1 Å². The highest BCUT2D eigenvalue weighted by molar-refractivity contribution is 7.15. The van der Waals surface area contributed by atoms with Gasteiger partial charge in [-0.1, -0.05) is 6.07 Å². The molecule has 23 heavy (non-hydrogen) atoms. The fraction of sp³-hybridized carbons (Fsp3) is 0.0667. The summed E-state index contributed by atoms with van der Waals surface area (Å²) in [4.78, 5) is 26.1. The van der Waals surface area contributed by atoms with Crippen LogP contribution in [0.1, 0.15) is 5.69 Å². The molecule has 4 rings (SSSR count). The maximum absolute atomic E-state index is 12.1. The van der Waals surface area contributed by atoms with E-state index in [1.165, 1.54) is 11.3 Å². The number of thiazole rings is 2. The molecule has 0 aliphatic carbocycles. The minimum atomic E-state index is -0.127. The molecule has 0 fully saturated rings. The van der Waals surface area contributed by atoms with Gasteiger partial charge in [-0.2, -0.15) is 0 Å². The summed E-state index contributed by atoms with van der Waals surface area (Å²) < 4.78 is 1.91. The molecule has 1 amide bonds. The van der Waals surface area contributed by atoms with E-state index in [1.807, 2.05) is 45.8 Å². The van der Waals surface area contributed by atoms with Gasteiger partial charge < -0.3 is 5.32 Å². The molecular formula is C15H11N5OS2. The van der Waals surface area contributed by atoms with Crippen molar-refractivity contribution in [2.45, 2.75) is 6.42 Å². The molecule has 0 atom stereocenters. The summed E-state index contributed by atoms with van der Waals surface area (Å²) >= 11 is 2.93. The molecule has 114 valence electrons. The van der Waals surface area contributed by atoms with Crippen LogP contribution >= 0.6 is 22.7 Å². The Morgan fingerprint density at radius 2 is 2.17 bits per heavy atom. The van der Waals surface area contributed by atoms with Crippen LogP contribution in [0.25, 0.3) is 16.3 Å². The van der Waals surface area contributed by atoms with Gasteiger partial charge in [-0.15, -0.1) is 22.7 Å². The molecule has 0 aliphatic rings. The van der Waals surface area contributed by atoms with Crippen LogP contribution in [0.15, 0.2) is 47.5 Å². The molecule has 1 N–H and O–H groups in total. The number of fused-ring (bicyclic) bond motifs is 1. The lowest BCUT2D eigenvalue weighted by Crippen LogP contribution is -2.14. The molecule has 0 aliphatic heterocycles. The predicted octanol–water partition coefficient (Wildman–Crippen LogP) is 3.10. The van der Waals surface area contributed by atoms with E-state index < -0.39 is 0 Å². The molecule has 0 unspecified atom stereocenters. The van der Waals surface area contributed by atoms with Gasteiger partial charge in [-0.05, 0) is 12.1 Å². The van der Waals surface area contributed by atoms with Crippen molar-refractivity contribution in [1.82, 2.24) is 19.4 Å². The van der Waals surface area contributed by atoms with Crippen LogP contribution in [0.2, 0.25) is 0 Å². The molecule has 0 spiro atoms. The van der Waals surface area contributed by atoms with Gasteiger partial charge >= 0.3 is 0 Å². The SMILES string of the molecule is O=C(Cc1cn2ccsc2n1)Nc1nc(-c2ccccn2)cs1. The van der Waals surface area contributed by atoms with Crippen LogP contribution in [-0.4, -0.2) is 25.3 Å². The molecule has 0 radical (unpaired) electrons. The van der Waals surface area contributed by atoms with Crippen molar-refractivity contribution in [3.63, 3.8) is 0 Å². The molecule has 4 aromatic heterocycles. The smallest absolute Gasteiger partial charge is 0.232 e. The molecule has 4 aromatic rings. The first-order valence-electron chi connectivity index (χ1n) is 6.86. The van der Waals surface area contributed by atoms with E-state index in [0.717, 1.165) is 22.0 Å². The molecular weight excluding hydrogens is 330 g/mol. The molecule has 0 aromatic carbocycles. The van der Waals surface area contributed by atoms with Gasteiger partial charge in [0.25, 0.3) is 0 Å². The fourth-order valence-corrected chi connectivity index (χ4v) is 3.59. The lowest BCUT2D eigenvalue weighted by Gasteiger charge is -1.99. The lowest BCUT2D eigenvalue weighted by atomic mass is 10.3. The third kappa shape index (κ3) is 2.99. The number of amides is 1. The molecule has 8 heteroatoms. The monoisotopic (exact) mass is 341 g/mol. The minimum Gasteiger partial charge on any atom is -0.302 e. The van der Waals surface area contributed by atoms with E-state index in [-0.39, 0.29) is 12.3 Å². The molecule has 0 saturated carbocycles. The summed E-state index contributed by atoms with van der Waals surface area (Å²) in [6, 6.07) is 5.65. The Labute approximate surface area is 139 Å². The van der Waals surface area contributed by atoms with Crippen LogP contribution in [0, 0.1) is 0 Å². The first kappa shape index (κ1) is 14.0. The van der Waals surface area contributed by atoms with Crippen LogP contribution in [0.4, 0.5) is 5.13 Å². The van der Waals surface area contributed by atoms with E-state index in [0.29, 0.717) is 5.13 Å². The van der Waals surface area contributed by atoms with Crippen molar-refractivity contribution in [1.29, 1.82) is 0 Å². The maximum atomic E-state index is 12.1. The number of nitrogens with one attached hydrogen (secondary N) is 1. The number of pyridine rings is 1. The standard InChI is InChI=1S/C15H11N5OS2/c21-13(7-10-8-20-5-6-22-15(20)17-10)19-14-18-12(9-23-14)11-3-1-2-4-16-11/h1-6,8-9H,7H2,(H,18,19,21). The van der Waals surface area contributed by atoms with Gasteiger partial charge in [0.1, 0.15) is 5.69 Å². The molecule has 0 bridgehead atoms. The number of imidazole rings is 1. The molecule has 0 saturated heterocycles. The van der Waals surface area contributed by atoms with Crippen LogP contribution < -0.4 is 5.32 Å². The van der Waals surface area contributed by atoms with Crippen molar-refractivity contribution in [2.24, 2.45) is 0 Å². The highest BCUT2D eigenvalue weighted by Gasteiger charge is 2.11. The summed E-state index contributed by atoms with van der Waals surface area (Å²) in [7, 11) is 0. The van der Waals surface area contributed by atoms with Crippen LogP contribution in [-0.2, 0) is 11.2 Å². The Kier molecular flexibility index (Phi) is 3.60. The highest BCUT2D eigenvalue weighted by atomic mass is 32.1. The second-order valence-electron chi connectivity index (χ2n) is 4.80. The van der Waals surface area contributed by atoms with E-state index in [2.05, 4.69) is 20.3 Å². The third-order valence-electron chi connectivity index (χ3n) is 3.16. The number of nitrogens with zero attached hydrogens (tertiary/aromatic N) is 4. The van der Waals surface area contributed by atoms with E-state index >= 15 is 0 Å². The average molecular weight is 341 g/mol. The third-order valence-corrected chi connectivity index (χ3v) is 4.69. The van der Waals surface area contributed by atoms with Gasteiger partial charge in [0.05, 0.1) is 17.8 Å². The number of hydrogen-bond acceptors (Lipinski definition) is 6. The Balaban J connectivity index is 1.44. The van der Waals surface area contributed by atoms with Crippen molar-refractivity contribution < 1.29 is 4.79 Å². The van der Waals surface area contributed by atoms with E-state index in [9.17, 15) is 4.79 Å². The summed E-state index contributed by atoms with van der Waals surface area (Å²) in [5.74, 6) is -0.127. The second kappa shape index (κ2) is 5.90. The lowest BCUT2D eigenvalue weighted by molar-refractivity contribution is -0.115. The molecule has 6 nitrogen and oxygen atoms in total. The fourth-order valence-electron chi connectivity index (χ4n) is 2.15. The predicted molar refractivity (Wildman–Crippen MR) is 90.7 cm³/mol. The Bertz CT molecular complexity index is 928. The first-order valence-corrected chi connectivity index (χ1v) is 8.62. The van der Waals surface area contributed by atoms with Gasteiger partial charge in [0, 0.05) is 29.4 Å². The normalized spacial score (nSPS) is 11.0. The van der Waals surface area contributed by atoms with Crippen molar-refractivity contribution >= 4 is 38.7 Å². The summed E-state index contributed by atoms with van der Waals surface area (Å²) in [5, 5.41) is 7.22. The Hall–Kier alpha value is -2.58. The van der Waals surface area contributed by atoms with Crippen LogP contribution in [0.3, 0.4) is 0 Å². The summed E-state index contributed by atoms with van der Waals surface area (Å²) in [6.45, 7) is 0. The van der Waals surface area contributed by atoms with Crippen LogP contribution in [0.5, 0.6) is 0 Å². The van der Waals surface area contributed by atoms with Gasteiger partial charge in [-0.3, -0.25) is 14.2 Å². The summed E-state index contributed by atoms with van der Waals surface area (Å²) in [5.41, 5.74) is 2.29. The van der Waals surface area contributed by atoms with Gasteiger partial charge in [-0.25, -0.2) is 9.97 Å². The molecule has 4 heterocycles. The number of carbonyl (C=O) groups is 1. The first-order chi connectivity index (χ1) is 11.3. The average Bonchev–Trinajstić information content (AvgIpc) is 3.24. The Morgan fingerprint density at radius 1 is 1.22 bits per heavy atom. The zero-order chi connectivity index (χ0) is 15.6. The zero-order valence-electron chi connectivity index (χ0n) is 11.8. The largest absolute Gasteiger partial charge is 0.302 e. The number of rotatable bonds is 4. The number of hydrogen-bond donors (Lipinski definition) is 1. The second-order valence-corrected chi connectivity index (χ2v) is 6.53. The highest BCUT2D eigenvalue weighted by Crippen LogP contribution is 2.23. The number of carbonyl (C=O) groups excluding carboxylic acids is 1. The zero-order valence-corrected chi connectivity index (χ0v) is 13.5. The number of aromatic nitrogens is 4. The minimum absolute atomic E-state index is 0.127. The number of anilines is 1. The summed E-state index contributed by atoms with van der Waals surface area (Å²) in [6.07, 6.45) is 5.74. The Morgan fingerprint density at radius 3 is 3.00 bits per heavy atom. The maximum Gasteiger partial charge on any atom is 0.232 e. The quantitative estimate of drug-likeness (QED) is 0.619. The van der Waals surface area contributed by atoms with Gasteiger partial charge in [0.2, 0.25) is 5.91 Å². The van der Waals surface area contributed by atoms with E-state index in [1.54, 1.807) is 17.5 Å². The topological polar surface area (TPSA) is 72.2 Å². The van der Waals surface area contributed by atoms with Crippen molar-refractivity contribution in [2.75, 3.05) is 5.32 Å². The van der Waals surface area contributed by atoms with Crippen molar-refractivity contribution in [3.05, 3.63) is 53.2 Å². The van der Waals surface area contributed by atoms with E-state index in [4.69, 9.17) is 0 Å².